The molecule has 0 aliphatic carbocycles. The Labute approximate surface area is 183 Å². The first kappa shape index (κ1) is 20.8. The predicted octanol–water partition coefficient (Wildman–Crippen LogP) is 4.36. The summed E-state index contributed by atoms with van der Waals surface area (Å²) in [7, 11) is 0. The molecule has 0 unspecified atom stereocenters. The van der Waals surface area contributed by atoms with Gasteiger partial charge in [0.2, 0.25) is 5.91 Å². The maximum Gasteiger partial charge on any atom is 0.222 e. The zero-order valence-corrected chi connectivity index (χ0v) is 17.7. The van der Waals surface area contributed by atoms with Crippen molar-refractivity contribution in [2.24, 2.45) is 5.92 Å². The highest BCUT2D eigenvalue weighted by Crippen LogP contribution is 2.25. The van der Waals surface area contributed by atoms with Crippen LogP contribution >= 0.6 is 0 Å². The van der Waals surface area contributed by atoms with E-state index in [4.69, 9.17) is 5.41 Å². The highest BCUT2D eigenvalue weighted by molar-refractivity contribution is 5.88. The van der Waals surface area contributed by atoms with Gasteiger partial charge >= 0.3 is 0 Å². The molecule has 0 spiro atoms. The summed E-state index contributed by atoms with van der Waals surface area (Å²) >= 11 is 0. The number of nitrogens with zero attached hydrogens (tertiary/aromatic N) is 2. The fraction of sp³-hybridized carbons (Fsp3) is 0.320. The van der Waals surface area contributed by atoms with Crippen molar-refractivity contribution in [1.29, 1.82) is 5.41 Å². The lowest BCUT2D eigenvalue weighted by Crippen LogP contribution is -2.40. The van der Waals surface area contributed by atoms with Crippen LogP contribution in [0.15, 0.2) is 60.9 Å². The number of H-pyrrole nitrogens is 1. The van der Waals surface area contributed by atoms with Gasteiger partial charge in [0.25, 0.3) is 0 Å². The van der Waals surface area contributed by atoms with Crippen molar-refractivity contribution in [2.45, 2.75) is 25.7 Å². The van der Waals surface area contributed by atoms with E-state index in [9.17, 15) is 4.79 Å². The number of piperidine rings is 1. The molecule has 0 atom stereocenters. The lowest BCUT2D eigenvalue weighted by Gasteiger charge is -2.32. The largest absolute Gasteiger partial charge is 0.384 e. The number of hydrogen-bond donors (Lipinski definition) is 3. The van der Waals surface area contributed by atoms with Crippen LogP contribution < -0.4 is 5.32 Å². The minimum Gasteiger partial charge on any atom is -0.384 e. The second kappa shape index (κ2) is 10.1. The number of hydrogen-bond acceptors (Lipinski definition) is 4. The third-order valence-electron chi connectivity index (χ3n) is 6.06. The minimum absolute atomic E-state index is 0.260. The number of carbonyl (C=O) groups is 1. The van der Waals surface area contributed by atoms with Crippen LogP contribution in [0.25, 0.3) is 11.1 Å². The van der Waals surface area contributed by atoms with E-state index in [1.54, 1.807) is 6.20 Å². The third-order valence-corrected chi connectivity index (χ3v) is 6.06. The maximum absolute atomic E-state index is 12.5. The highest BCUT2D eigenvalue weighted by Gasteiger charge is 2.22. The van der Waals surface area contributed by atoms with Crippen molar-refractivity contribution in [3.63, 3.8) is 0 Å². The zero-order valence-electron chi connectivity index (χ0n) is 17.7. The first-order valence-electron chi connectivity index (χ1n) is 10.9. The fourth-order valence-electron chi connectivity index (χ4n) is 4.13. The number of nitrogens with one attached hydrogen (secondary N) is 3. The van der Waals surface area contributed by atoms with E-state index in [0.29, 0.717) is 12.3 Å². The number of anilines is 1. The molecule has 3 N–H and O–H groups in total. The van der Waals surface area contributed by atoms with Gasteiger partial charge in [-0.15, -0.1) is 0 Å². The van der Waals surface area contributed by atoms with Gasteiger partial charge in [-0.25, -0.2) is 0 Å². The Balaban J connectivity index is 1.25. The van der Waals surface area contributed by atoms with Crippen LogP contribution in [0.1, 0.15) is 30.4 Å². The fourth-order valence-corrected chi connectivity index (χ4v) is 4.13. The number of amides is 1. The Morgan fingerprint density at radius 1 is 1.16 bits per heavy atom. The summed E-state index contributed by atoms with van der Waals surface area (Å²) in [5.41, 5.74) is 5.12. The summed E-state index contributed by atoms with van der Waals surface area (Å²) in [5.74, 6) is 0.793. The molecule has 1 aromatic heterocycles. The number of aryl methyl sites for hydroxylation is 1. The third kappa shape index (κ3) is 5.40. The van der Waals surface area contributed by atoms with E-state index >= 15 is 0 Å². The Morgan fingerprint density at radius 3 is 2.68 bits per heavy atom. The van der Waals surface area contributed by atoms with Gasteiger partial charge in [0.05, 0.1) is 6.20 Å². The zero-order chi connectivity index (χ0) is 21.5. The summed E-state index contributed by atoms with van der Waals surface area (Å²) in [6, 6.07) is 16.3. The van der Waals surface area contributed by atoms with Gasteiger partial charge in [-0.05, 0) is 48.4 Å². The molecule has 3 aromatic rings. The molecular formula is C25H29N5O. The van der Waals surface area contributed by atoms with E-state index in [1.165, 1.54) is 11.8 Å². The van der Waals surface area contributed by atoms with Gasteiger partial charge in [-0.1, -0.05) is 36.4 Å². The van der Waals surface area contributed by atoms with Crippen LogP contribution in [0.3, 0.4) is 0 Å². The average Bonchev–Trinajstić information content (AvgIpc) is 3.37. The van der Waals surface area contributed by atoms with Gasteiger partial charge in [0.15, 0.2) is 0 Å². The smallest absolute Gasteiger partial charge is 0.222 e. The van der Waals surface area contributed by atoms with Crippen LogP contribution in [-0.2, 0) is 11.2 Å². The van der Waals surface area contributed by atoms with E-state index in [1.807, 2.05) is 47.5 Å². The topological polar surface area (TPSA) is 84.9 Å². The second-order valence-corrected chi connectivity index (χ2v) is 8.12. The maximum atomic E-state index is 12.5. The number of benzene rings is 2. The molecule has 2 heterocycles. The molecule has 6 heteroatoms. The predicted molar refractivity (Wildman–Crippen MR) is 124 cm³/mol. The Morgan fingerprint density at radius 2 is 1.97 bits per heavy atom. The molecule has 0 radical (unpaired) electrons. The molecule has 6 nitrogen and oxygen atoms in total. The highest BCUT2D eigenvalue weighted by atomic mass is 16.2. The summed E-state index contributed by atoms with van der Waals surface area (Å²) in [6.07, 6.45) is 8.44. The first-order chi connectivity index (χ1) is 15.2. The van der Waals surface area contributed by atoms with E-state index < -0.39 is 0 Å². The Bertz CT molecular complexity index is 992. The van der Waals surface area contributed by atoms with Crippen LogP contribution in [0.5, 0.6) is 0 Å². The van der Waals surface area contributed by atoms with Crippen LogP contribution in [0.2, 0.25) is 0 Å². The Kier molecular flexibility index (Phi) is 6.77. The molecule has 1 aliphatic heterocycles. The summed E-state index contributed by atoms with van der Waals surface area (Å²) in [5, 5.41) is 18.1. The van der Waals surface area contributed by atoms with Crippen molar-refractivity contribution in [2.75, 3.05) is 25.0 Å². The van der Waals surface area contributed by atoms with Gasteiger partial charge in [-0.2, -0.15) is 5.10 Å². The molecule has 0 saturated carbocycles. The number of carbonyl (C=O) groups excluding carboxylic acids is 1. The molecule has 2 aromatic carbocycles. The van der Waals surface area contributed by atoms with Crippen molar-refractivity contribution < 1.29 is 4.79 Å². The molecule has 31 heavy (non-hydrogen) atoms. The van der Waals surface area contributed by atoms with E-state index in [2.05, 4.69) is 27.6 Å². The average molecular weight is 416 g/mol. The number of aromatic amines is 1. The number of aromatic nitrogens is 2. The van der Waals surface area contributed by atoms with Crippen LogP contribution in [0.4, 0.5) is 5.69 Å². The Hall–Kier alpha value is -3.41. The molecule has 4 rings (SSSR count). The van der Waals surface area contributed by atoms with E-state index in [-0.39, 0.29) is 5.91 Å². The molecular weight excluding hydrogens is 386 g/mol. The number of rotatable bonds is 8. The van der Waals surface area contributed by atoms with Crippen molar-refractivity contribution >= 4 is 17.8 Å². The van der Waals surface area contributed by atoms with Crippen molar-refractivity contribution in [1.82, 2.24) is 15.1 Å². The summed E-state index contributed by atoms with van der Waals surface area (Å²) < 4.78 is 0. The quantitative estimate of drug-likeness (QED) is 0.478. The molecule has 160 valence electrons. The molecule has 1 aliphatic rings. The minimum atomic E-state index is 0.260. The summed E-state index contributed by atoms with van der Waals surface area (Å²) in [4.78, 5) is 14.6. The lowest BCUT2D eigenvalue weighted by atomic mass is 9.96. The monoisotopic (exact) mass is 415 g/mol. The SMILES string of the molecule is N=Cc1cc(-c2cn[nH]c2)ccc1NCC1CCN(C(=O)CCc2ccccc2)CC1. The van der Waals surface area contributed by atoms with Gasteiger partial charge in [0, 0.05) is 55.3 Å². The van der Waals surface area contributed by atoms with Gasteiger partial charge in [0.1, 0.15) is 0 Å². The van der Waals surface area contributed by atoms with Crippen LogP contribution in [-0.4, -0.2) is 46.9 Å². The molecule has 1 amide bonds. The van der Waals surface area contributed by atoms with E-state index in [0.717, 1.165) is 61.3 Å². The number of likely N-dealkylation sites (tertiary alicyclic amines) is 1. The van der Waals surface area contributed by atoms with Crippen molar-refractivity contribution in [3.05, 3.63) is 72.1 Å². The summed E-state index contributed by atoms with van der Waals surface area (Å²) in [6.45, 7) is 2.52. The molecule has 0 bridgehead atoms. The van der Waals surface area contributed by atoms with Gasteiger partial charge in [-0.3, -0.25) is 9.89 Å². The molecule has 1 fully saturated rings. The normalized spacial score (nSPS) is 14.4. The first-order valence-corrected chi connectivity index (χ1v) is 10.9. The van der Waals surface area contributed by atoms with Gasteiger partial charge < -0.3 is 15.6 Å². The standard InChI is InChI=1S/C25H29N5O/c26-15-22-14-21(23-17-28-29-18-23)7-8-24(22)27-16-20-10-12-30(13-11-20)25(31)9-6-19-4-2-1-3-5-19/h1-5,7-8,14-15,17-18,20,26-27H,6,9-13,16H2,(H,28,29). The molecule has 1 saturated heterocycles. The van der Waals surface area contributed by atoms with Crippen molar-refractivity contribution in [3.8, 4) is 11.1 Å². The second-order valence-electron chi connectivity index (χ2n) is 8.12. The van der Waals surface area contributed by atoms with Crippen LogP contribution in [0, 0.1) is 11.3 Å². The lowest BCUT2D eigenvalue weighted by molar-refractivity contribution is -0.132.